The number of fused-ring (bicyclic) bond motifs is 1. The highest BCUT2D eigenvalue weighted by molar-refractivity contribution is 7.92. The first-order valence-electron chi connectivity index (χ1n) is 8.57. The highest BCUT2D eigenvalue weighted by atomic mass is 32.2. The van der Waals surface area contributed by atoms with Gasteiger partial charge in [-0.25, -0.2) is 12.7 Å². The summed E-state index contributed by atoms with van der Waals surface area (Å²) in [7, 11) is -3.66. The van der Waals surface area contributed by atoms with Crippen molar-refractivity contribution in [2.24, 2.45) is 0 Å². The Morgan fingerprint density at radius 1 is 0.852 bits per heavy atom. The van der Waals surface area contributed by atoms with Gasteiger partial charge in [0, 0.05) is 5.56 Å². The Labute approximate surface area is 159 Å². The third kappa shape index (κ3) is 2.85. The van der Waals surface area contributed by atoms with E-state index in [1.807, 2.05) is 48.5 Å². The standard InChI is InChI=1S/C22H19NO3S/c1-27(25,26)23-20-15-9-8-14-19(20)22(24,18-12-6-3-7-13-18)21(23)16-17-10-4-2-5-11-17/h2-16,24H,1H3/b21-16+/t22-/m1/s1. The van der Waals surface area contributed by atoms with Crippen LogP contribution < -0.4 is 4.31 Å². The second-order valence-electron chi connectivity index (χ2n) is 6.56. The summed E-state index contributed by atoms with van der Waals surface area (Å²) in [6.45, 7) is 0. The quantitative estimate of drug-likeness (QED) is 0.756. The van der Waals surface area contributed by atoms with E-state index in [0.29, 0.717) is 22.5 Å². The Kier molecular flexibility index (Phi) is 4.13. The lowest BCUT2D eigenvalue weighted by Crippen LogP contribution is -2.34. The molecule has 0 spiro atoms. The zero-order chi connectivity index (χ0) is 19.1. The summed E-state index contributed by atoms with van der Waals surface area (Å²) in [6.07, 6.45) is 2.88. The van der Waals surface area contributed by atoms with Crippen LogP contribution in [0.4, 0.5) is 5.69 Å². The van der Waals surface area contributed by atoms with Crippen LogP contribution in [0.3, 0.4) is 0 Å². The van der Waals surface area contributed by atoms with Gasteiger partial charge in [-0.1, -0.05) is 78.9 Å². The van der Waals surface area contributed by atoms with Crippen molar-refractivity contribution in [2.45, 2.75) is 5.60 Å². The molecule has 4 rings (SSSR count). The van der Waals surface area contributed by atoms with Crippen molar-refractivity contribution in [1.82, 2.24) is 0 Å². The van der Waals surface area contributed by atoms with Crippen LogP contribution in [0.5, 0.6) is 0 Å². The van der Waals surface area contributed by atoms with E-state index in [4.69, 9.17) is 0 Å². The summed E-state index contributed by atoms with van der Waals surface area (Å²) < 4.78 is 26.6. The Bertz CT molecular complexity index is 1110. The Morgan fingerprint density at radius 2 is 1.41 bits per heavy atom. The molecule has 4 nitrogen and oxygen atoms in total. The third-order valence-electron chi connectivity index (χ3n) is 4.73. The fraction of sp³-hybridized carbons (Fsp3) is 0.0909. The molecule has 0 amide bonds. The number of para-hydroxylation sites is 1. The lowest BCUT2D eigenvalue weighted by atomic mass is 9.85. The summed E-state index contributed by atoms with van der Waals surface area (Å²) in [6, 6.07) is 25.6. The average molecular weight is 377 g/mol. The molecular formula is C22H19NO3S. The molecule has 0 radical (unpaired) electrons. The first kappa shape index (κ1) is 17.5. The Morgan fingerprint density at radius 3 is 2.04 bits per heavy atom. The van der Waals surface area contributed by atoms with Crippen molar-refractivity contribution in [1.29, 1.82) is 0 Å². The molecule has 0 unspecified atom stereocenters. The van der Waals surface area contributed by atoms with Crippen LogP contribution in [-0.4, -0.2) is 19.8 Å². The van der Waals surface area contributed by atoms with Crippen molar-refractivity contribution < 1.29 is 13.5 Å². The lowest BCUT2D eigenvalue weighted by molar-refractivity contribution is 0.128. The number of hydrogen-bond acceptors (Lipinski definition) is 3. The fourth-order valence-corrected chi connectivity index (χ4v) is 4.64. The second kappa shape index (κ2) is 6.37. The number of hydrogen-bond donors (Lipinski definition) is 1. The summed E-state index contributed by atoms with van der Waals surface area (Å²) >= 11 is 0. The molecule has 3 aromatic rings. The molecule has 0 aliphatic carbocycles. The van der Waals surface area contributed by atoms with Gasteiger partial charge >= 0.3 is 0 Å². The van der Waals surface area contributed by atoms with Crippen LogP contribution in [-0.2, 0) is 15.6 Å². The van der Waals surface area contributed by atoms with Crippen LogP contribution in [0.15, 0.2) is 90.6 Å². The predicted molar refractivity (Wildman–Crippen MR) is 108 cm³/mol. The Hall–Kier alpha value is -2.89. The zero-order valence-corrected chi connectivity index (χ0v) is 15.6. The van der Waals surface area contributed by atoms with Crippen LogP contribution in [0.2, 0.25) is 0 Å². The predicted octanol–water partition coefficient (Wildman–Crippen LogP) is 3.74. The maximum atomic E-state index is 12.7. The molecule has 1 atom stereocenters. The maximum Gasteiger partial charge on any atom is 0.236 e. The van der Waals surface area contributed by atoms with Crippen LogP contribution >= 0.6 is 0 Å². The van der Waals surface area contributed by atoms with E-state index in [2.05, 4.69) is 0 Å². The third-order valence-corrected chi connectivity index (χ3v) is 5.78. The molecule has 0 aromatic heterocycles. The minimum absolute atomic E-state index is 0.295. The van der Waals surface area contributed by atoms with Crippen LogP contribution in [0.25, 0.3) is 6.08 Å². The molecule has 5 heteroatoms. The van der Waals surface area contributed by atoms with Crippen LogP contribution in [0.1, 0.15) is 16.7 Å². The van der Waals surface area contributed by atoms with E-state index >= 15 is 0 Å². The minimum atomic E-state index is -3.66. The monoisotopic (exact) mass is 377 g/mol. The lowest BCUT2D eigenvalue weighted by Gasteiger charge is -2.28. The molecule has 0 bridgehead atoms. The molecule has 0 saturated heterocycles. The summed E-state index contributed by atoms with van der Waals surface area (Å²) in [5.41, 5.74) is 1.16. The van der Waals surface area contributed by atoms with Crippen molar-refractivity contribution in [3.8, 4) is 0 Å². The minimum Gasteiger partial charge on any atom is -0.374 e. The molecule has 27 heavy (non-hydrogen) atoms. The van der Waals surface area contributed by atoms with Gasteiger partial charge in [-0.05, 0) is 23.3 Å². The first-order valence-corrected chi connectivity index (χ1v) is 10.4. The van der Waals surface area contributed by atoms with E-state index in [-0.39, 0.29) is 0 Å². The number of benzene rings is 3. The summed E-state index contributed by atoms with van der Waals surface area (Å²) in [5, 5.41) is 11.9. The van der Waals surface area contributed by atoms with Crippen molar-refractivity contribution >= 4 is 21.8 Å². The van der Waals surface area contributed by atoms with Crippen molar-refractivity contribution in [2.75, 3.05) is 10.6 Å². The van der Waals surface area contributed by atoms with E-state index in [1.54, 1.807) is 42.5 Å². The van der Waals surface area contributed by atoms with Gasteiger partial charge in [0.25, 0.3) is 0 Å². The number of sulfonamides is 1. The average Bonchev–Trinajstić information content (AvgIpc) is 2.93. The van der Waals surface area contributed by atoms with Gasteiger partial charge in [0.15, 0.2) is 5.60 Å². The highest BCUT2D eigenvalue weighted by Gasteiger charge is 2.50. The van der Waals surface area contributed by atoms with Crippen molar-refractivity contribution in [3.05, 3.63) is 107 Å². The van der Waals surface area contributed by atoms with E-state index in [9.17, 15) is 13.5 Å². The number of aliphatic hydroxyl groups is 1. The molecule has 0 fully saturated rings. The maximum absolute atomic E-state index is 12.7. The van der Waals surface area contributed by atoms with Gasteiger partial charge in [-0.15, -0.1) is 0 Å². The molecular weight excluding hydrogens is 358 g/mol. The Balaban J connectivity index is 2.07. The van der Waals surface area contributed by atoms with E-state index in [1.165, 1.54) is 4.31 Å². The second-order valence-corrected chi connectivity index (χ2v) is 8.39. The zero-order valence-electron chi connectivity index (χ0n) is 14.8. The number of anilines is 1. The molecule has 1 aliphatic heterocycles. The number of nitrogens with zero attached hydrogens (tertiary/aromatic N) is 1. The number of rotatable bonds is 3. The van der Waals surface area contributed by atoms with Gasteiger partial charge < -0.3 is 5.11 Å². The van der Waals surface area contributed by atoms with Gasteiger partial charge in [-0.3, -0.25) is 0 Å². The van der Waals surface area contributed by atoms with E-state index < -0.39 is 15.6 Å². The topological polar surface area (TPSA) is 57.6 Å². The summed E-state index contributed by atoms with van der Waals surface area (Å²) in [5.74, 6) is 0. The summed E-state index contributed by atoms with van der Waals surface area (Å²) in [4.78, 5) is 0. The normalized spacial score (nSPS) is 20.7. The highest BCUT2D eigenvalue weighted by Crippen LogP contribution is 2.51. The van der Waals surface area contributed by atoms with Gasteiger partial charge in [-0.2, -0.15) is 0 Å². The molecule has 1 heterocycles. The van der Waals surface area contributed by atoms with Crippen LogP contribution in [0, 0.1) is 0 Å². The van der Waals surface area contributed by atoms with Gasteiger partial charge in [0.1, 0.15) is 0 Å². The molecule has 1 aliphatic rings. The van der Waals surface area contributed by atoms with Gasteiger partial charge in [0.05, 0.1) is 17.6 Å². The molecule has 3 aromatic carbocycles. The van der Waals surface area contributed by atoms with E-state index in [0.717, 1.165) is 11.8 Å². The molecule has 1 N–H and O–H groups in total. The largest absolute Gasteiger partial charge is 0.374 e. The van der Waals surface area contributed by atoms with Crippen molar-refractivity contribution in [3.63, 3.8) is 0 Å². The fourth-order valence-electron chi connectivity index (χ4n) is 3.58. The first-order chi connectivity index (χ1) is 12.9. The molecule has 0 saturated carbocycles. The smallest absolute Gasteiger partial charge is 0.236 e. The van der Waals surface area contributed by atoms with Gasteiger partial charge in [0.2, 0.25) is 10.0 Å². The SMILES string of the molecule is CS(=O)(=O)N1/C(=C/c2ccccc2)[C@@](O)(c2ccccc2)c2ccccc21. The molecule has 136 valence electrons.